The van der Waals surface area contributed by atoms with E-state index in [4.69, 9.17) is 0 Å². The molecule has 0 aliphatic heterocycles. The number of hydrogen-bond donors (Lipinski definition) is 2. The molecule has 42 heavy (non-hydrogen) atoms. The highest BCUT2D eigenvalue weighted by atomic mass is 32.2. The number of aromatic nitrogens is 3. The van der Waals surface area contributed by atoms with Gasteiger partial charge in [-0.25, -0.2) is 26.6 Å². The van der Waals surface area contributed by atoms with Gasteiger partial charge in [0.15, 0.2) is 15.7 Å². The molecule has 0 saturated carbocycles. The van der Waals surface area contributed by atoms with Gasteiger partial charge in [-0.05, 0) is 54.8 Å². The number of nitrogens with one attached hydrogen (secondary N) is 2. The molecule has 8 nitrogen and oxygen atoms in total. The van der Waals surface area contributed by atoms with Gasteiger partial charge in [-0.3, -0.25) is 14.6 Å². The summed E-state index contributed by atoms with van der Waals surface area (Å²) in [7, 11) is -3.53. The molecule has 0 aliphatic rings. The minimum Gasteiger partial charge on any atom is -0.345 e. The van der Waals surface area contributed by atoms with Crippen molar-refractivity contribution in [3.63, 3.8) is 0 Å². The number of amides is 1. The van der Waals surface area contributed by atoms with Crippen LogP contribution in [0.5, 0.6) is 0 Å². The van der Waals surface area contributed by atoms with Gasteiger partial charge in [0.05, 0.1) is 16.1 Å². The van der Waals surface area contributed by atoms with Crippen molar-refractivity contribution in [3.05, 3.63) is 107 Å². The molecule has 2 N–H and O–H groups in total. The van der Waals surface area contributed by atoms with Crippen molar-refractivity contribution in [1.29, 1.82) is 0 Å². The predicted octanol–water partition coefficient (Wildman–Crippen LogP) is 5.64. The summed E-state index contributed by atoms with van der Waals surface area (Å²) < 4.78 is 67.6. The molecule has 5 aromatic rings. The molecule has 2 aromatic carbocycles. The first-order valence-electron chi connectivity index (χ1n) is 12.7. The molecule has 0 fully saturated rings. The zero-order chi connectivity index (χ0) is 30.0. The van der Waals surface area contributed by atoms with Crippen molar-refractivity contribution in [1.82, 2.24) is 15.0 Å². The van der Waals surface area contributed by atoms with Crippen LogP contribution in [0.15, 0.2) is 78.2 Å². The van der Waals surface area contributed by atoms with Crippen LogP contribution in [-0.2, 0) is 21.1 Å². The Kier molecular flexibility index (Phi) is 7.90. The van der Waals surface area contributed by atoms with Crippen molar-refractivity contribution >= 4 is 38.2 Å². The smallest absolute Gasteiger partial charge is 0.224 e. The maximum absolute atomic E-state index is 15.5. The highest BCUT2D eigenvalue weighted by Crippen LogP contribution is 2.30. The second-order valence-electron chi connectivity index (χ2n) is 9.65. The van der Waals surface area contributed by atoms with Gasteiger partial charge in [-0.2, -0.15) is 0 Å². The summed E-state index contributed by atoms with van der Waals surface area (Å²) >= 11 is 0. The number of halogens is 3. The van der Waals surface area contributed by atoms with Crippen molar-refractivity contribution in [2.75, 3.05) is 11.6 Å². The van der Waals surface area contributed by atoms with Crippen LogP contribution in [0.4, 0.5) is 18.9 Å². The van der Waals surface area contributed by atoms with E-state index in [2.05, 4.69) is 20.3 Å². The molecular weight excluding hydrogens is 569 g/mol. The number of aromatic amines is 1. The molecule has 0 radical (unpaired) electrons. The second-order valence-corrected chi connectivity index (χ2v) is 11.7. The Morgan fingerprint density at radius 3 is 2.52 bits per heavy atom. The number of fused-ring (bicyclic) bond motifs is 1. The first-order valence-corrected chi connectivity index (χ1v) is 14.6. The normalized spacial score (nSPS) is 11.5. The molecular formula is C30H23F3N4O4S. The van der Waals surface area contributed by atoms with E-state index in [1.165, 1.54) is 49.1 Å². The number of pyridine rings is 2. The minimum absolute atomic E-state index is 0.0110. The van der Waals surface area contributed by atoms with Crippen LogP contribution in [0.3, 0.4) is 0 Å². The van der Waals surface area contributed by atoms with Crippen LogP contribution in [0, 0.1) is 17.5 Å². The molecule has 214 valence electrons. The SMILES string of the molecule is CS(=O)(=O)c1cncc(-c2cnc3[nH]cc(C(=O)c4c(F)ccc(NC(=O)CCCc5cccc(F)c5)c4F)c3c2)c1. The first-order chi connectivity index (χ1) is 20.0. The number of ketones is 1. The summed E-state index contributed by atoms with van der Waals surface area (Å²) in [5, 5.41) is 2.62. The average Bonchev–Trinajstić information content (AvgIpc) is 3.38. The zero-order valence-electron chi connectivity index (χ0n) is 22.1. The molecule has 12 heteroatoms. The Bertz CT molecular complexity index is 1960. The Morgan fingerprint density at radius 1 is 0.976 bits per heavy atom. The number of anilines is 1. The standard InChI is InChI=1S/C30H23F3N4O4S/c1-42(40,41)21-11-18(13-34-15-21)19-12-22-23(16-36-30(22)35-14-19)29(39)27-24(32)8-9-25(28(27)33)37-26(38)7-3-5-17-4-2-6-20(31)10-17/h2,4,6,8-16H,3,5,7H2,1H3,(H,35,36)(H,37,38). The molecule has 0 unspecified atom stereocenters. The number of aryl methyl sites for hydroxylation is 1. The number of carbonyl (C=O) groups is 2. The summed E-state index contributed by atoms with van der Waals surface area (Å²) in [6, 6.07) is 10.8. The average molecular weight is 593 g/mol. The molecule has 0 atom stereocenters. The fraction of sp³-hybridized carbons (Fsp3) is 0.133. The summed E-state index contributed by atoms with van der Waals surface area (Å²) in [6.45, 7) is 0. The molecule has 0 aliphatic carbocycles. The van der Waals surface area contributed by atoms with E-state index in [1.54, 1.807) is 12.1 Å². The van der Waals surface area contributed by atoms with Crippen molar-refractivity contribution < 1.29 is 31.2 Å². The van der Waals surface area contributed by atoms with Crippen LogP contribution in [0.1, 0.15) is 34.3 Å². The summed E-state index contributed by atoms with van der Waals surface area (Å²) in [5.74, 6) is -4.28. The van der Waals surface area contributed by atoms with Crippen LogP contribution in [0.2, 0.25) is 0 Å². The van der Waals surface area contributed by atoms with E-state index in [-0.39, 0.29) is 39.4 Å². The van der Waals surface area contributed by atoms with Gasteiger partial charge in [0.25, 0.3) is 0 Å². The number of rotatable bonds is 9. The number of benzene rings is 2. The topological polar surface area (TPSA) is 122 Å². The predicted molar refractivity (Wildman–Crippen MR) is 150 cm³/mol. The van der Waals surface area contributed by atoms with E-state index >= 15 is 4.39 Å². The third kappa shape index (κ3) is 6.08. The third-order valence-electron chi connectivity index (χ3n) is 6.60. The minimum atomic E-state index is -3.53. The largest absolute Gasteiger partial charge is 0.345 e. The molecule has 0 saturated heterocycles. The van der Waals surface area contributed by atoms with E-state index in [0.29, 0.717) is 29.5 Å². The zero-order valence-corrected chi connectivity index (χ0v) is 22.9. The highest BCUT2D eigenvalue weighted by molar-refractivity contribution is 7.90. The summed E-state index contributed by atoms with van der Waals surface area (Å²) in [6.07, 6.45) is 7.16. The number of nitrogens with zero attached hydrogens (tertiary/aromatic N) is 2. The van der Waals surface area contributed by atoms with Crippen LogP contribution < -0.4 is 5.32 Å². The van der Waals surface area contributed by atoms with Crippen molar-refractivity contribution in [3.8, 4) is 11.1 Å². The van der Waals surface area contributed by atoms with Gasteiger partial charge in [0.1, 0.15) is 17.3 Å². The maximum atomic E-state index is 15.5. The number of H-pyrrole nitrogens is 1. The molecule has 0 bridgehead atoms. The Hall–Kier alpha value is -4.84. The van der Waals surface area contributed by atoms with Crippen molar-refractivity contribution in [2.45, 2.75) is 24.2 Å². The van der Waals surface area contributed by atoms with Gasteiger partial charge in [-0.15, -0.1) is 0 Å². The fourth-order valence-electron chi connectivity index (χ4n) is 4.48. The van der Waals surface area contributed by atoms with E-state index < -0.39 is 38.7 Å². The Labute approximate surface area is 238 Å². The van der Waals surface area contributed by atoms with Crippen LogP contribution in [0.25, 0.3) is 22.2 Å². The third-order valence-corrected chi connectivity index (χ3v) is 7.68. The second kappa shape index (κ2) is 11.6. The lowest BCUT2D eigenvalue weighted by molar-refractivity contribution is -0.116. The van der Waals surface area contributed by atoms with Crippen LogP contribution >= 0.6 is 0 Å². The maximum Gasteiger partial charge on any atom is 0.224 e. The molecule has 3 aromatic heterocycles. The van der Waals surface area contributed by atoms with Crippen LogP contribution in [-0.4, -0.2) is 41.3 Å². The monoisotopic (exact) mass is 592 g/mol. The van der Waals surface area contributed by atoms with E-state index in [1.807, 2.05) is 0 Å². The van der Waals surface area contributed by atoms with Crippen molar-refractivity contribution in [2.24, 2.45) is 0 Å². The molecule has 0 spiro atoms. The van der Waals surface area contributed by atoms with E-state index in [9.17, 15) is 26.8 Å². The fourth-order valence-corrected chi connectivity index (χ4v) is 5.07. The molecule has 3 heterocycles. The van der Waals surface area contributed by atoms with Gasteiger partial charge >= 0.3 is 0 Å². The van der Waals surface area contributed by atoms with Gasteiger partial charge < -0.3 is 10.3 Å². The summed E-state index contributed by atoms with van der Waals surface area (Å²) in [4.78, 5) is 36.9. The number of hydrogen-bond acceptors (Lipinski definition) is 6. The highest BCUT2D eigenvalue weighted by Gasteiger charge is 2.25. The number of sulfone groups is 1. The Balaban J connectivity index is 1.39. The van der Waals surface area contributed by atoms with Gasteiger partial charge in [0.2, 0.25) is 11.7 Å². The lowest BCUT2D eigenvalue weighted by atomic mass is 10.00. The molecule has 1 amide bonds. The number of carbonyl (C=O) groups excluding carboxylic acids is 2. The Morgan fingerprint density at radius 2 is 1.76 bits per heavy atom. The lowest BCUT2D eigenvalue weighted by Crippen LogP contribution is -2.15. The van der Waals surface area contributed by atoms with E-state index in [0.717, 1.165) is 18.4 Å². The lowest BCUT2D eigenvalue weighted by Gasteiger charge is -2.11. The molecule has 5 rings (SSSR count). The summed E-state index contributed by atoms with van der Waals surface area (Å²) in [5.41, 5.74) is 0.499. The van der Waals surface area contributed by atoms with Gasteiger partial charge in [0, 0.05) is 59.5 Å². The van der Waals surface area contributed by atoms with Gasteiger partial charge in [-0.1, -0.05) is 12.1 Å². The first kappa shape index (κ1) is 28.7. The quantitative estimate of drug-likeness (QED) is 0.214.